The van der Waals surface area contributed by atoms with Crippen LogP contribution in [-0.2, 0) is 11.2 Å². The molecule has 7 nitrogen and oxygen atoms in total. The van der Waals surface area contributed by atoms with Gasteiger partial charge in [-0.15, -0.1) is 11.3 Å². The molecule has 8 heteroatoms. The zero-order valence-electron chi connectivity index (χ0n) is 16.4. The largest absolute Gasteiger partial charge is 0.361 e. The first-order valence-electron chi connectivity index (χ1n) is 9.66. The van der Waals surface area contributed by atoms with E-state index in [0.29, 0.717) is 10.4 Å². The average Bonchev–Trinajstić information content (AvgIpc) is 3.48. The van der Waals surface area contributed by atoms with Crippen LogP contribution < -0.4 is 16.2 Å². The van der Waals surface area contributed by atoms with Crippen molar-refractivity contribution in [1.82, 2.24) is 21.2 Å². The van der Waals surface area contributed by atoms with Gasteiger partial charge in [-0.2, -0.15) is 0 Å². The van der Waals surface area contributed by atoms with E-state index in [1.165, 1.54) is 11.3 Å². The van der Waals surface area contributed by atoms with Crippen molar-refractivity contribution in [3.05, 3.63) is 94.3 Å². The number of hydrogen-bond acceptors (Lipinski definition) is 4. The smallest absolute Gasteiger partial charge is 0.269 e. The Kier molecular flexibility index (Phi) is 6.09. The fourth-order valence-electron chi connectivity index (χ4n) is 3.23. The Labute approximate surface area is 182 Å². The lowest BCUT2D eigenvalue weighted by molar-refractivity contribution is -0.123. The van der Waals surface area contributed by atoms with Crippen molar-refractivity contribution >= 4 is 40.0 Å². The summed E-state index contributed by atoms with van der Waals surface area (Å²) in [5.41, 5.74) is 7.09. The van der Waals surface area contributed by atoms with E-state index in [9.17, 15) is 14.4 Å². The zero-order valence-corrected chi connectivity index (χ0v) is 17.2. The lowest BCUT2D eigenvalue weighted by Crippen LogP contribution is -2.53. The fraction of sp³-hybridized carbons (Fsp3) is 0.0870. The van der Waals surface area contributed by atoms with Gasteiger partial charge in [-0.25, -0.2) is 0 Å². The van der Waals surface area contributed by atoms with Crippen LogP contribution in [0, 0.1) is 0 Å². The minimum absolute atomic E-state index is 0.258. The van der Waals surface area contributed by atoms with E-state index in [1.807, 2.05) is 30.5 Å². The molecule has 0 unspecified atom stereocenters. The van der Waals surface area contributed by atoms with E-state index >= 15 is 0 Å². The molecule has 1 atom stereocenters. The first kappa shape index (κ1) is 20.4. The van der Waals surface area contributed by atoms with Crippen molar-refractivity contribution in [3.8, 4) is 0 Å². The average molecular weight is 433 g/mol. The van der Waals surface area contributed by atoms with Gasteiger partial charge in [0.25, 0.3) is 17.7 Å². The molecule has 4 aromatic rings. The SMILES string of the molecule is O=C(NNC(=O)[C@H](Cc1c[nH]c2ccccc12)NC(=O)c1cccs1)c1ccccc1. The Bertz CT molecular complexity index is 1200. The molecule has 0 aliphatic carbocycles. The molecule has 4 N–H and O–H groups in total. The third kappa shape index (κ3) is 4.81. The molecule has 3 amide bonds. The predicted molar refractivity (Wildman–Crippen MR) is 120 cm³/mol. The van der Waals surface area contributed by atoms with Crippen LogP contribution in [0.3, 0.4) is 0 Å². The summed E-state index contributed by atoms with van der Waals surface area (Å²) in [5, 5.41) is 5.55. The van der Waals surface area contributed by atoms with E-state index < -0.39 is 17.9 Å². The number of carbonyl (C=O) groups excluding carboxylic acids is 3. The number of thiophene rings is 1. The maximum atomic E-state index is 12.9. The molecule has 0 aliphatic rings. The maximum Gasteiger partial charge on any atom is 0.269 e. The van der Waals surface area contributed by atoms with Crippen LogP contribution in [-0.4, -0.2) is 28.7 Å². The van der Waals surface area contributed by atoms with Crippen LogP contribution in [0.25, 0.3) is 10.9 Å². The lowest BCUT2D eigenvalue weighted by Gasteiger charge is -2.18. The summed E-state index contributed by atoms with van der Waals surface area (Å²) in [4.78, 5) is 41.4. The number of aromatic nitrogens is 1. The van der Waals surface area contributed by atoms with Crippen molar-refractivity contribution in [1.29, 1.82) is 0 Å². The van der Waals surface area contributed by atoms with Gasteiger partial charge in [0.2, 0.25) is 0 Å². The van der Waals surface area contributed by atoms with Crippen LogP contribution in [0.2, 0.25) is 0 Å². The number of fused-ring (bicyclic) bond motifs is 1. The molecule has 156 valence electrons. The molecule has 0 spiro atoms. The molecule has 0 saturated heterocycles. The number of para-hydroxylation sites is 1. The van der Waals surface area contributed by atoms with Gasteiger partial charge in [-0.3, -0.25) is 25.2 Å². The molecular weight excluding hydrogens is 412 g/mol. The molecule has 4 rings (SSSR count). The normalized spacial score (nSPS) is 11.6. The topological polar surface area (TPSA) is 103 Å². The van der Waals surface area contributed by atoms with Crippen LogP contribution in [0.5, 0.6) is 0 Å². The Hall–Kier alpha value is -3.91. The number of rotatable bonds is 6. The van der Waals surface area contributed by atoms with Crippen LogP contribution in [0.1, 0.15) is 25.6 Å². The van der Waals surface area contributed by atoms with E-state index in [-0.39, 0.29) is 12.3 Å². The number of nitrogens with one attached hydrogen (secondary N) is 4. The summed E-state index contributed by atoms with van der Waals surface area (Å²) in [5.74, 6) is -1.30. The van der Waals surface area contributed by atoms with Crippen molar-refractivity contribution in [2.45, 2.75) is 12.5 Å². The second kappa shape index (κ2) is 9.27. The molecule has 0 saturated carbocycles. The number of amides is 3. The number of aromatic amines is 1. The highest BCUT2D eigenvalue weighted by Crippen LogP contribution is 2.19. The Morgan fingerprint density at radius 2 is 1.65 bits per heavy atom. The van der Waals surface area contributed by atoms with Gasteiger partial charge in [-0.05, 0) is 35.2 Å². The summed E-state index contributed by atoms with van der Waals surface area (Å²) in [7, 11) is 0. The Morgan fingerprint density at radius 3 is 2.42 bits per heavy atom. The summed E-state index contributed by atoms with van der Waals surface area (Å²) in [6.07, 6.45) is 2.08. The number of carbonyl (C=O) groups is 3. The van der Waals surface area contributed by atoms with Gasteiger partial charge in [0.05, 0.1) is 4.88 Å². The third-order valence-corrected chi connectivity index (χ3v) is 5.67. The van der Waals surface area contributed by atoms with Gasteiger partial charge in [0.1, 0.15) is 6.04 Å². The van der Waals surface area contributed by atoms with Crippen LogP contribution in [0.15, 0.2) is 78.3 Å². The standard InChI is InChI=1S/C23H20N4O3S/c28-21(15-7-2-1-3-8-15)26-27-22(29)19(25-23(30)20-11-6-12-31-20)13-16-14-24-18-10-5-4-9-17(16)18/h1-12,14,19,24H,13H2,(H,25,30)(H,26,28)(H,27,29)/t19-/m0/s1. The molecule has 2 heterocycles. The molecule has 2 aromatic heterocycles. The lowest BCUT2D eigenvalue weighted by atomic mass is 10.0. The molecule has 0 bridgehead atoms. The van der Waals surface area contributed by atoms with E-state index in [1.54, 1.807) is 47.8 Å². The van der Waals surface area contributed by atoms with Gasteiger partial charge in [0.15, 0.2) is 0 Å². The molecular formula is C23H20N4O3S. The van der Waals surface area contributed by atoms with Crippen molar-refractivity contribution < 1.29 is 14.4 Å². The first-order chi connectivity index (χ1) is 15.1. The highest BCUT2D eigenvalue weighted by Gasteiger charge is 2.24. The second-order valence-electron chi connectivity index (χ2n) is 6.88. The van der Waals surface area contributed by atoms with Gasteiger partial charge in [0, 0.05) is 29.1 Å². The van der Waals surface area contributed by atoms with Gasteiger partial charge in [-0.1, -0.05) is 42.5 Å². The van der Waals surface area contributed by atoms with Crippen molar-refractivity contribution in [3.63, 3.8) is 0 Å². The number of H-pyrrole nitrogens is 1. The van der Waals surface area contributed by atoms with Gasteiger partial charge < -0.3 is 10.3 Å². The highest BCUT2D eigenvalue weighted by atomic mass is 32.1. The number of hydrogen-bond donors (Lipinski definition) is 4. The predicted octanol–water partition coefficient (Wildman–Crippen LogP) is 3.03. The fourth-order valence-corrected chi connectivity index (χ4v) is 3.86. The molecule has 0 fully saturated rings. The van der Waals surface area contributed by atoms with E-state index in [2.05, 4.69) is 21.2 Å². The highest BCUT2D eigenvalue weighted by molar-refractivity contribution is 7.12. The zero-order chi connectivity index (χ0) is 21.6. The van der Waals surface area contributed by atoms with Crippen molar-refractivity contribution in [2.75, 3.05) is 0 Å². The van der Waals surface area contributed by atoms with E-state index in [0.717, 1.165) is 16.5 Å². The number of benzene rings is 2. The quantitative estimate of drug-likeness (QED) is 0.352. The van der Waals surface area contributed by atoms with Crippen molar-refractivity contribution in [2.24, 2.45) is 0 Å². The minimum Gasteiger partial charge on any atom is -0.361 e. The molecule has 0 aliphatic heterocycles. The van der Waals surface area contributed by atoms with Crippen LogP contribution >= 0.6 is 11.3 Å². The monoisotopic (exact) mass is 432 g/mol. The molecule has 31 heavy (non-hydrogen) atoms. The Balaban J connectivity index is 1.50. The third-order valence-electron chi connectivity index (χ3n) is 4.80. The van der Waals surface area contributed by atoms with Gasteiger partial charge >= 0.3 is 0 Å². The number of hydrazine groups is 1. The Morgan fingerprint density at radius 1 is 0.871 bits per heavy atom. The van der Waals surface area contributed by atoms with Crippen LogP contribution in [0.4, 0.5) is 0 Å². The molecule has 2 aromatic carbocycles. The summed E-state index contributed by atoms with van der Waals surface area (Å²) < 4.78 is 0. The maximum absolute atomic E-state index is 12.9. The second-order valence-corrected chi connectivity index (χ2v) is 7.82. The minimum atomic E-state index is -0.884. The summed E-state index contributed by atoms with van der Waals surface area (Å²) >= 11 is 1.29. The summed E-state index contributed by atoms with van der Waals surface area (Å²) in [6.45, 7) is 0. The summed E-state index contributed by atoms with van der Waals surface area (Å²) in [6, 6.07) is 18.9. The first-order valence-corrected chi connectivity index (χ1v) is 10.5. The van der Waals surface area contributed by atoms with E-state index in [4.69, 9.17) is 0 Å². The molecule has 0 radical (unpaired) electrons.